The van der Waals surface area contributed by atoms with Crippen LogP contribution in [-0.4, -0.2) is 46.4 Å². The van der Waals surface area contributed by atoms with Gasteiger partial charge in [-0.3, -0.25) is 14.5 Å². The molecule has 1 aliphatic carbocycles. The second-order valence-corrected chi connectivity index (χ2v) is 7.93. The standard InChI is InChI=1S/C21H29N5O2/c1-16(19(27)25-21(15-22)10-4-2-5-11-21)26-13-8-17(9-14-26)20(28)24-18-7-3-6-12-23-18/h3,6-7,12,16-17H,2,4-5,8-11,13-14H2,1H3,(H,25,27)(H,23,24,28). The predicted octanol–water partition coefficient (Wildman–Crippen LogP) is 2.46. The molecule has 7 heteroatoms. The maximum Gasteiger partial charge on any atom is 0.238 e. The number of carbonyl (C=O) groups excluding carboxylic acids is 2. The van der Waals surface area contributed by atoms with Crippen LogP contribution in [0.2, 0.25) is 0 Å². The zero-order chi connectivity index (χ0) is 20.0. The van der Waals surface area contributed by atoms with Crippen molar-refractivity contribution in [2.45, 2.75) is 63.5 Å². The summed E-state index contributed by atoms with van der Waals surface area (Å²) >= 11 is 0. The molecule has 2 amide bonds. The maximum absolute atomic E-state index is 12.7. The molecule has 2 fully saturated rings. The molecule has 28 heavy (non-hydrogen) atoms. The fraction of sp³-hybridized carbons (Fsp3) is 0.619. The van der Waals surface area contributed by atoms with Gasteiger partial charge in [-0.05, 0) is 57.8 Å². The molecule has 2 heterocycles. The Morgan fingerprint density at radius 1 is 1.25 bits per heavy atom. The second kappa shape index (κ2) is 9.16. The van der Waals surface area contributed by atoms with Crippen molar-refractivity contribution in [3.8, 4) is 6.07 Å². The SMILES string of the molecule is CC(C(=O)NC1(C#N)CCCCC1)N1CCC(C(=O)Nc2ccccn2)CC1. The highest BCUT2D eigenvalue weighted by molar-refractivity contribution is 5.91. The predicted molar refractivity (Wildman–Crippen MR) is 106 cm³/mol. The first-order valence-electron chi connectivity index (χ1n) is 10.2. The molecule has 0 aromatic carbocycles. The Morgan fingerprint density at radius 3 is 2.57 bits per heavy atom. The minimum absolute atomic E-state index is 0.0129. The summed E-state index contributed by atoms with van der Waals surface area (Å²) < 4.78 is 0. The van der Waals surface area contributed by atoms with Crippen molar-refractivity contribution in [3.63, 3.8) is 0 Å². The Hall–Kier alpha value is -2.46. The molecule has 1 saturated heterocycles. The smallest absolute Gasteiger partial charge is 0.238 e. The number of pyridine rings is 1. The third-order valence-electron chi connectivity index (χ3n) is 6.03. The van der Waals surface area contributed by atoms with Crippen LogP contribution in [0.3, 0.4) is 0 Å². The molecule has 7 nitrogen and oxygen atoms in total. The second-order valence-electron chi connectivity index (χ2n) is 7.93. The summed E-state index contributed by atoms with van der Waals surface area (Å²) in [5, 5.41) is 15.4. The van der Waals surface area contributed by atoms with Crippen molar-refractivity contribution in [3.05, 3.63) is 24.4 Å². The van der Waals surface area contributed by atoms with E-state index in [1.54, 1.807) is 12.3 Å². The summed E-state index contributed by atoms with van der Waals surface area (Å²) in [5.41, 5.74) is -0.704. The Labute approximate surface area is 166 Å². The van der Waals surface area contributed by atoms with E-state index in [-0.39, 0.29) is 23.8 Å². The van der Waals surface area contributed by atoms with Gasteiger partial charge < -0.3 is 10.6 Å². The maximum atomic E-state index is 12.7. The van der Waals surface area contributed by atoms with Gasteiger partial charge in [0.1, 0.15) is 11.4 Å². The number of nitriles is 1. The van der Waals surface area contributed by atoms with E-state index in [9.17, 15) is 14.9 Å². The summed E-state index contributed by atoms with van der Waals surface area (Å²) in [5.74, 6) is 0.398. The zero-order valence-electron chi connectivity index (χ0n) is 16.5. The van der Waals surface area contributed by atoms with E-state index in [4.69, 9.17) is 0 Å². The Morgan fingerprint density at radius 2 is 1.96 bits per heavy atom. The lowest BCUT2D eigenvalue weighted by atomic mass is 9.82. The van der Waals surface area contributed by atoms with Gasteiger partial charge in [-0.15, -0.1) is 0 Å². The van der Waals surface area contributed by atoms with Crippen LogP contribution in [0.25, 0.3) is 0 Å². The van der Waals surface area contributed by atoms with Gasteiger partial charge in [0.15, 0.2) is 0 Å². The number of rotatable bonds is 5. The molecule has 1 aromatic rings. The van der Waals surface area contributed by atoms with Crippen LogP contribution >= 0.6 is 0 Å². The summed E-state index contributed by atoms with van der Waals surface area (Å²) in [6.07, 6.45) is 7.63. The van der Waals surface area contributed by atoms with Gasteiger partial charge in [0.05, 0.1) is 12.1 Å². The molecule has 3 rings (SSSR count). The highest BCUT2D eigenvalue weighted by atomic mass is 16.2. The summed E-state index contributed by atoms with van der Waals surface area (Å²) in [6, 6.07) is 7.47. The number of hydrogen-bond acceptors (Lipinski definition) is 5. The third kappa shape index (κ3) is 4.87. The van der Waals surface area contributed by atoms with Crippen LogP contribution in [0.15, 0.2) is 24.4 Å². The van der Waals surface area contributed by atoms with Crippen molar-refractivity contribution >= 4 is 17.6 Å². The molecule has 2 N–H and O–H groups in total. The summed E-state index contributed by atoms with van der Waals surface area (Å²) in [4.78, 5) is 31.4. The normalized spacial score (nSPS) is 21.3. The van der Waals surface area contributed by atoms with Crippen molar-refractivity contribution in [2.24, 2.45) is 5.92 Å². The third-order valence-corrected chi connectivity index (χ3v) is 6.03. The van der Waals surface area contributed by atoms with Crippen LogP contribution in [0.5, 0.6) is 0 Å². The Kier molecular flexibility index (Phi) is 6.63. The minimum Gasteiger partial charge on any atom is -0.336 e. The number of anilines is 1. The number of nitrogens with zero attached hydrogens (tertiary/aromatic N) is 3. The highest BCUT2D eigenvalue weighted by Gasteiger charge is 2.37. The van der Waals surface area contributed by atoms with Gasteiger partial charge in [-0.1, -0.05) is 25.3 Å². The van der Waals surface area contributed by atoms with Crippen LogP contribution in [0, 0.1) is 17.2 Å². The van der Waals surface area contributed by atoms with E-state index >= 15 is 0 Å². The van der Waals surface area contributed by atoms with E-state index in [1.807, 2.05) is 19.1 Å². The van der Waals surface area contributed by atoms with Crippen LogP contribution < -0.4 is 10.6 Å². The highest BCUT2D eigenvalue weighted by Crippen LogP contribution is 2.28. The van der Waals surface area contributed by atoms with Crippen LogP contribution in [0.1, 0.15) is 51.9 Å². The topological polar surface area (TPSA) is 98.1 Å². The van der Waals surface area contributed by atoms with Crippen molar-refractivity contribution < 1.29 is 9.59 Å². The first kappa shape index (κ1) is 20.3. The first-order valence-corrected chi connectivity index (χ1v) is 10.2. The molecule has 1 atom stereocenters. The molecule has 1 saturated carbocycles. The number of piperidine rings is 1. The lowest BCUT2D eigenvalue weighted by Gasteiger charge is -2.37. The fourth-order valence-electron chi connectivity index (χ4n) is 4.14. The van der Waals surface area contributed by atoms with E-state index in [2.05, 4.69) is 26.6 Å². The minimum atomic E-state index is -0.704. The number of carbonyl (C=O) groups is 2. The van der Waals surface area contributed by atoms with E-state index in [0.29, 0.717) is 31.7 Å². The molecule has 1 aromatic heterocycles. The van der Waals surface area contributed by atoms with Crippen LogP contribution in [0.4, 0.5) is 5.82 Å². The molecule has 2 aliphatic rings. The first-order chi connectivity index (χ1) is 13.5. The van der Waals surface area contributed by atoms with Gasteiger partial charge in [0.25, 0.3) is 0 Å². The quantitative estimate of drug-likeness (QED) is 0.814. The number of amides is 2. The zero-order valence-corrected chi connectivity index (χ0v) is 16.5. The molecule has 0 spiro atoms. The Bertz CT molecular complexity index is 716. The van der Waals surface area contributed by atoms with Gasteiger partial charge in [-0.25, -0.2) is 4.98 Å². The molecule has 1 unspecified atom stereocenters. The van der Waals surface area contributed by atoms with E-state index in [1.165, 1.54) is 0 Å². The molecular formula is C21H29N5O2. The molecule has 0 bridgehead atoms. The largest absolute Gasteiger partial charge is 0.336 e. The van der Waals surface area contributed by atoms with Crippen molar-refractivity contribution in [1.29, 1.82) is 5.26 Å². The lowest BCUT2D eigenvalue weighted by Crippen LogP contribution is -2.56. The molecule has 0 radical (unpaired) electrons. The average Bonchev–Trinajstić information content (AvgIpc) is 2.74. The number of hydrogen-bond donors (Lipinski definition) is 2. The van der Waals surface area contributed by atoms with Gasteiger partial charge in [-0.2, -0.15) is 5.26 Å². The summed E-state index contributed by atoms with van der Waals surface area (Å²) in [6.45, 7) is 3.26. The number of likely N-dealkylation sites (tertiary alicyclic amines) is 1. The van der Waals surface area contributed by atoms with Gasteiger partial charge in [0, 0.05) is 12.1 Å². The summed E-state index contributed by atoms with van der Waals surface area (Å²) in [7, 11) is 0. The number of nitrogens with one attached hydrogen (secondary N) is 2. The van der Waals surface area contributed by atoms with Gasteiger partial charge >= 0.3 is 0 Å². The van der Waals surface area contributed by atoms with E-state index in [0.717, 1.165) is 32.1 Å². The molecule has 1 aliphatic heterocycles. The van der Waals surface area contributed by atoms with E-state index < -0.39 is 5.54 Å². The van der Waals surface area contributed by atoms with Gasteiger partial charge in [0.2, 0.25) is 11.8 Å². The van der Waals surface area contributed by atoms with Crippen molar-refractivity contribution in [2.75, 3.05) is 18.4 Å². The lowest BCUT2D eigenvalue weighted by molar-refractivity contribution is -0.128. The Balaban J connectivity index is 1.49. The number of aromatic nitrogens is 1. The molecular weight excluding hydrogens is 354 g/mol. The van der Waals surface area contributed by atoms with Crippen molar-refractivity contribution in [1.82, 2.24) is 15.2 Å². The van der Waals surface area contributed by atoms with Crippen LogP contribution in [-0.2, 0) is 9.59 Å². The monoisotopic (exact) mass is 383 g/mol. The fourth-order valence-corrected chi connectivity index (χ4v) is 4.14. The average molecular weight is 383 g/mol. The molecule has 150 valence electrons.